The number of rotatable bonds is 7. The van der Waals surface area contributed by atoms with E-state index in [1.54, 1.807) is 44.6 Å². The molecular formula is C21H26N2O5S2. The van der Waals surface area contributed by atoms with Crippen LogP contribution in [0, 0.1) is 6.92 Å². The number of carbonyl (C=O) groups excluding carboxylic acids is 1. The van der Waals surface area contributed by atoms with E-state index < -0.39 is 16.0 Å². The third-order valence-corrected chi connectivity index (χ3v) is 7.82. The molecule has 0 saturated carbocycles. The number of aryl methyl sites for hydroxylation is 1. The van der Waals surface area contributed by atoms with Gasteiger partial charge < -0.3 is 4.74 Å². The Balaban J connectivity index is 1.54. The Morgan fingerprint density at radius 3 is 2.40 bits per heavy atom. The zero-order chi connectivity index (χ0) is 21.6. The summed E-state index contributed by atoms with van der Waals surface area (Å²) in [7, 11) is -3.48. The molecule has 1 aromatic carbocycles. The summed E-state index contributed by atoms with van der Waals surface area (Å²) in [4.78, 5) is 23.7. The van der Waals surface area contributed by atoms with Gasteiger partial charge in [0, 0.05) is 30.2 Å². The van der Waals surface area contributed by atoms with Crippen LogP contribution in [-0.2, 0) is 26.1 Å². The van der Waals surface area contributed by atoms with Gasteiger partial charge in [-0.1, -0.05) is 36.3 Å². The van der Waals surface area contributed by atoms with E-state index in [-0.39, 0.29) is 16.4 Å². The maximum absolute atomic E-state index is 12.8. The molecule has 0 atom stereocenters. The molecule has 0 radical (unpaired) electrons. The lowest BCUT2D eigenvalue weighted by Gasteiger charge is -2.19. The number of sulfonamides is 1. The van der Waals surface area contributed by atoms with Crippen molar-refractivity contribution >= 4 is 33.4 Å². The first-order chi connectivity index (χ1) is 14.4. The lowest BCUT2D eigenvalue weighted by atomic mass is 10.2. The smallest absolute Gasteiger partial charge is 0.330 e. The van der Waals surface area contributed by atoms with Crippen molar-refractivity contribution in [1.82, 2.24) is 8.87 Å². The van der Waals surface area contributed by atoms with Crippen LogP contribution in [0.15, 0.2) is 45.4 Å². The Hall–Kier alpha value is -2.23. The normalized spacial score (nSPS) is 15.9. The van der Waals surface area contributed by atoms with Crippen LogP contribution in [0.1, 0.15) is 36.9 Å². The first-order valence-corrected chi connectivity index (χ1v) is 12.3. The standard InChI is InChI=1S/C21H26N2O5S2/c1-17-16-29-21(25)23(17)14-15-28-20(24)11-8-18-6-9-19(10-7-18)30(26,27)22-12-4-2-3-5-13-22/h6-11,16H,2-5,12-15H2,1H3/b11-8+. The van der Waals surface area contributed by atoms with Gasteiger partial charge in [-0.05, 0) is 43.5 Å². The van der Waals surface area contributed by atoms with Gasteiger partial charge in [-0.2, -0.15) is 4.31 Å². The van der Waals surface area contributed by atoms with Gasteiger partial charge in [-0.15, -0.1) is 0 Å². The van der Waals surface area contributed by atoms with Gasteiger partial charge in [0.1, 0.15) is 6.61 Å². The molecule has 1 saturated heterocycles. The molecule has 0 unspecified atom stereocenters. The largest absolute Gasteiger partial charge is 0.461 e. The molecule has 3 rings (SSSR count). The van der Waals surface area contributed by atoms with Crippen molar-refractivity contribution in [3.63, 3.8) is 0 Å². The molecule has 0 spiro atoms. The monoisotopic (exact) mass is 450 g/mol. The highest BCUT2D eigenvalue weighted by Crippen LogP contribution is 2.21. The summed E-state index contributed by atoms with van der Waals surface area (Å²) in [6.07, 6.45) is 6.78. The summed E-state index contributed by atoms with van der Waals surface area (Å²) in [6, 6.07) is 6.47. The second-order valence-electron chi connectivity index (χ2n) is 7.18. The summed E-state index contributed by atoms with van der Waals surface area (Å²) in [5, 5.41) is 1.76. The van der Waals surface area contributed by atoms with Crippen molar-refractivity contribution in [3.05, 3.63) is 56.6 Å². The minimum atomic E-state index is -3.48. The molecule has 2 aromatic rings. The summed E-state index contributed by atoms with van der Waals surface area (Å²) in [5.41, 5.74) is 1.54. The lowest BCUT2D eigenvalue weighted by molar-refractivity contribution is -0.137. The van der Waals surface area contributed by atoms with Gasteiger partial charge in [0.25, 0.3) is 0 Å². The van der Waals surface area contributed by atoms with Gasteiger partial charge in [0.15, 0.2) is 0 Å². The molecule has 30 heavy (non-hydrogen) atoms. The van der Waals surface area contributed by atoms with Crippen LogP contribution in [0.3, 0.4) is 0 Å². The van der Waals surface area contributed by atoms with Crippen molar-refractivity contribution in [2.24, 2.45) is 0 Å². The molecule has 0 amide bonds. The first-order valence-electron chi connectivity index (χ1n) is 9.98. The van der Waals surface area contributed by atoms with Gasteiger partial charge in [-0.25, -0.2) is 13.2 Å². The maximum Gasteiger partial charge on any atom is 0.330 e. The second kappa shape index (κ2) is 10.2. The molecule has 1 aliphatic heterocycles. The quantitative estimate of drug-likeness (QED) is 0.478. The topological polar surface area (TPSA) is 85.7 Å². The maximum atomic E-state index is 12.8. The molecule has 1 aromatic heterocycles. The average molecular weight is 451 g/mol. The SMILES string of the molecule is Cc1csc(=O)n1CCOC(=O)/C=C/c1ccc(S(=O)(=O)N2CCCCCC2)cc1. The number of nitrogens with zero attached hydrogens (tertiary/aromatic N) is 2. The molecule has 1 aliphatic rings. The zero-order valence-electron chi connectivity index (χ0n) is 17.0. The fraction of sp³-hybridized carbons (Fsp3) is 0.429. The van der Waals surface area contributed by atoms with Gasteiger partial charge in [-0.3, -0.25) is 9.36 Å². The number of carbonyl (C=O) groups is 1. The van der Waals surface area contributed by atoms with E-state index in [1.807, 2.05) is 6.92 Å². The number of benzene rings is 1. The van der Waals surface area contributed by atoms with E-state index in [9.17, 15) is 18.0 Å². The van der Waals surface area contributed by atoms with Crippen LogP contribution >= 0.6 is 11.3 Å². The molecule has 162 valence electrons. The van der Waals surface area contributed by atoms with Crippen molar-refractivity contribution in [2.45, 2.75) is 44.0 Å². The molecule has 7 nitrogen and oxygen atoms in total. The van der Waals surface area contributed by atoms with Crippen molar-refractivity contribution in [2.75, 3.05) is 19.7 Å². The molecule has 0 N–H and O–H groups in total. The van der Waals surface area contributed by atoms with Gasteiger partial charge in [0.05, 0.1) is 11.4 Å². The Morgan fingerprint density at radius 2 is 1.80 bits per heavy atom. The fourth-order valence-corrected chi connectivity index (χ4v) is 5.58. The van der Waals surface area contributed by atoms with Crippen molar-refractivity contribution < 1.29 is 17.9 Å². The molecule has 0 bridgehead atoms. The highest BCUT2D eigenvalue weighted by molar-refractivity contribution is 7.89. The third kappa shape index (κ3) is 5.68. The minimum Gasteiger partial charge on any atom is -0.461 e. The summed E-state index contributed by atoms with van der Waals surface area (Å²) >= 11 is 1.12. The highest BCUT2D eigenvalue weighted by Gasteiger charge is 2.24. The van der Waals surface area contributed by atoms with Gasteiger partial charge >= 0.3 is 10.8 Å². The molecule has 2 heterocycles. The summed E-state index contributed by atoms with van der Waals surface area (Å²) in [6.45, 7) is 3.38. The Labute approximate surface area is 180 Å². The molecule has 1 fully saturated rings. The molecular weight excluding hydrogens is 424 g/mol. The zero-order valence-corrected chi connectivity index (χ0v) is 18.6. The van der Waals surface area contributed by atoms with Crippen LogP contribution in [0.5, 0.6) is 0 Å². The second-order valence-corrected chi connectivity index (χ2v) is 9.94. The van der Waals surface area contributed by atoms with Crippen molar-refractivity contribution in [3.8, 4) is 0 Å². The van der Waals surface area contributed by atoms with Crippen LogP contribution in [-0.4, -0.2) is 43.0 Å². The van der Waals surface area contributed by atoms with E-state index in [0.717, 1.165) is 42.7 Å². The third-order valence-electron chi connectivity index (χ3n) is 5.03. The van der Waals surface area contributed by atoms with Crippen LogP contribution < -0.4 is 4.87 Å². The first kappa shape index (κ1) is 22.5. The van der Waals surface area contributed by atoms with Crippen LogP contribution in [0.2, 0.25) is 0 Å². The molecule has 9 heteroatoms. The van der Waals surface area contributed by atoms with E-state index in [1.165, 1.54) is 6.08 Å². The van der Waals surface area contributed by atoms with Crippen molar-refractivity contribution in [1.29, 1.82) is 0 Å². The Kier molecular flexibility index (Phi) is 7.63. The van der Waals surface area contributed by atoms with Gasteiger partial charge in [0.2, 0.25) is 10.0 Å². The molecule has 0 aliphatic carbocycles. The number of esters is 1. The Bertz CT molecular complexity index is 1040. The van der Waals surface area contributed by atoms with E-state index in [2.05, 4.69) is 0 Å². The van der Waals surface area contributed by atoms with E-state index in [0.29, 0.717) is 25.2 Å². The predicted molar refractivity (Wildman–Crippen MR) is 117 cm³/mol. The number of aromatic nitrogens is 1. The lowest BCUT2D eigenvalue weighted by Crippen LogP contribution is -2.31. The number of thiazole rings is 1. The summed E-state index contributed by atoms with van der Waals surface area (Å²) in [5.74, 6) is -0.516. The van der Waals surface area contributed by atoms with Crippen LogP contribution in [0.25, 0.3) is 6.08 Å². The fourth-order valence-electron chi connectivity index (χ4n) is 3.31. The van der Waals surface area contributed by atoms with E-state index in [4.69, 9.17) is 4.74 Å². The highest BCUT2D eigenvalue weighted by atomic mass is 32.2. The van der Waals surface area contributed by atoms with E-state index >= 15 is 0 Å². The minimum absolute atomic E-state index is 0.0747. The number of hydrogen-bond donors (Lipinski definition) is 0. The Morgan fingerprint density at radius 1 is 1.13 bits per heavy atom. The average Bonchev–Trinajstić information content (AvgIpc) is 2.94. The number of hydrogen-bond acceptors (Lipinski definition) is 6. The summed E-state index contributed by atoms with van der Waals surface area (Å²) < 4.78 is 33.8. The van der Waals surface area contributed by atoms with Crippen LogP contribution in [0.4, 0.5) is 0 Å². The number of ether oxygens (including phenoxy) is 1. The predicted octanol–water partition coefficient (Wildman–Crippen LogP) is 3.04.